The summed E-state index contributed by atoms with van der Waals surface area (Å²) >= 11 is 3.45. The third-order valence-corrected chi connectivity index (χ3v) is 2.64. The van der Waals surface area contributed by atoms with Crippen molar-refractivity contribution in [2.45, 2.75) is 6.92 Å². The van der Waals surface area contributed by atoms with Gasteiger partial charge < -0.3 is 4.98 Å². The predicted octanol–water partition coefficient (Wildman–Crippen LogP) is 2.03. The zero-order valence-corrected chi connectivity index (χ0v) is 7.51. The van der Waals surface area contributed by atoms with E-state index in [1.54, 1.807) is 12.4 Å². The van der Waals surface area contributed by atoms with Crippen LogP contribution in [0.2, 0.25) is 0 Å². The molecule has 0 aliphatic rings. The van der Waals surface area contributed by atoms with Crippen LogP contribution in [0.25, 0.3) is 10.9 Å². The Labute approximate surface area is 72.0 Å². The minimum absolute atomic E-state index is 1.02. The number of hydrogen-bond donors (Lipinski definition) is 1. The fraction of sp³-hybridized carbons (Fsp3) is 0.143. The van der Waals surface area contributed by atoms with Gasteiger partial charge in [-0.15, -0.1) is 0 Å². The molecule has 2 aromatic rings. The van der Waals surface area contributed by atoms with E-state index >= 15 is 0 Å². The highest BCUT2D eigenvalue weighted by molar-refractivity contribution is 9.10. The Morgan fingerprint density at radius 1 is 1.36 bits per heavy atom. The molecule has 0 atom stereocenters. The van der Waals surface area contributed by atoms with Crippen LogP contribution < -0.4 is 0 Å². The number of fused-ring (bicyclic) bond motifs is 1. The van der Waals surface area contributed by atoms with E-state index in [0.717, 1.165) is 21.1 Å². The second-order valence-corrected chi connectivity index (χ2v) is 3.17. The SMILES string of the molecule is Cc1[nH]c2cnncc2c1Br. The van der Waals surface area contributed by atoms with Crippen molar-refractivity contribution in [2.24, 2.45) is 0 Å². The van der Waals surface area contributed by atoms with E-state index in [1.165, 1.54) is 0 Å². The monoisotopic (exact) mass is 211 g/mol. The first-order chi connectivity index (χ1) is 5.29. The van der Waals surface area contributed by atoms with Crippen molar-refractivity contribution in [3.05, 3.63) is 22.6 Å². The van der Waals surface area contributed by atoms with Crippen LogP contribution in [0.15, 0.2) is 16.9 Å². The van der Waals surface area contributed by atoms with E-state index in [-0.39, 0.29) is 0 Å². The quantitative estimate of drug-likeness (QED) is 0.725. The maximum Gasteiger partial charge on any atom is 0.0737 e. The number of aromatic amines is 1. The van der Waals surface area contributed by atoms with Gasteiger partial charge in [-0.05, 0) is 22.9 Å². The molecule has 1 N–H and O–H groups in total. The number of aromatic nitrogens is 3. The number of halogens is 1. The highest BCUT2D eigenvalue weighted by Crippen LogP contribution is 2.25. The summed E-state index contributed by atoms with van der Waals surface area (Å²) in [5.74, 6) is 0. The molecule has 0 saturated carbocycles. The van der Waals surface area contributed by atoms with Gasteiger partial charge in [0.1, 0.15) is 0 Å². The molecule has 0 saturated heterocycles. The van der Waals surface area contributed by atoms with Crippen LogP contribution in [0.1, 0.15) is 5.69 Å². The average Bonchev–Trinajstić information content (AvgIpc) is 2.30. The minimum atomic E-state index is 1.02. The van der Waals surface area contributed by atoms with Gasteiger partial charge in [0.2, 0.25) is 0 Å². The molecule has 3 nitrogen and oxygen atoms in total. The first kappa shape index (κ1) is 6.79. The Balaban J connectivity index is 2.92. The van der Waals surface area contributed by atoms with E-state index in [1.807, 2.05) is 6.92 Å². The van der Waals surface area contributed by atoms with Crippen molar-refractivity contribution in [1.29, 1.82) is 0 Å². The third kappa shape index (κ3) is 0.939. The van der Waals surface area contributed by atoms with Crippen LogP contribution in [0.5, 0.6) is 0 Å². The van der Waals surface area contributed by atoms with E-state index in [0.29, 0.717) is 0 Å². The predicted molar refractivity (Wildman–Crippen MR) is 46.3 cm³/mol. The first-order valence-corrected chi connectivity index (χ1v) is 4.03. The number of H-pyrrole nitrogens is 1. The van der Waals surface area contributed by atoms with Gasteiger partial charge in [0.25, 0.3) is 0 Å². The Morgan fingerprint density at radius 3 is 2.82 bits per heavy atom. The van der Waals surface area contributed by atoms with Gasteiger partial charge in [-0.1, -0.05) is 0 Å². The molecule has 56 valence electrons. The molecule has 0 spiro atoms. The zero-order valence-electron chi connectivity index (χ0n) is 5.93. The molecule has 0 unspecified atom stereocenters. The normalized spacial score (nSPS) is 10.7. The van der Waals surface area contributed by atoms with E-state index in [9.17, 15) is 0 Å². The van der Waals surface area contributed by atoms with Gasteiger partial charge in [-0.2, -0.15) is 10.2 Å². The summed E-state index contributed by atoms with van der Waals surface area (Å²) < 4.78 is 1.07. The molecular formula is C7H6BrN3. The van der Waals surface area contributed by atoms with Crippen molar-refractivity contribution in [1.82, 2.24) is 15.2 Å². The van der Waals surface area contributed by atoms with Crippen molar-refractivity contribution >= 4 is 26.8 Å². The van der Waals surface area contributed by atoms with Crippen LogP contribution in [0.4, 0.5) is 0 Å². The van der Waals surface area contributed by atoms with Crippen molar-refractivity contribution in [2.75, 3.05) is 0 Å². The van der Waals surface area contributed by atoms with Gasteiger partial charge in [-0.25, -0.2) is 0 Å². The molecule has 0 aromatic carbocycles. The Kier molecular flexibility index (Phi) is 1.42. The molecule has 0 radical (unpaired) electrons. The van der Waals surface area contributed by atoms with Crippen LogP contribution in [0, 0.1) is 6.92 Å². The van der Waals surface area contributed by atoms with Gasteiger partial charge in [0.05, 0.1) is 17.9 Å². The van der Waals surface area contributed by atoms with Crippen LogP contribution in [-0.4, -0.2) is 15.2 Å². The van der Waals surface area contributed by atoms with Crippen LogP contribution in [-0.2, 0) is 0 Å². The number of rotatable bonds is 0. The lowest BCUT2D eigenvalue weighted by Crippen LogP contribution is -1.76. The molecule has 11 heavy (non-hydrogen) atoms. The van der Waals surface area contributed by atoms with Gasteiger partial charge in [0, 0.05) is 15.6 Å². The third-order valence-electron chi connectivity index (χ3n) is 1.62. The number of aryl methyl sites for hydroxylation is 1. The molecule has 2 heterocycles. The summed E-state index contributed by atoms with van der Waals surface area (Å²) in [5.41, 5.74) is 2.12. The smallest absolute Gasteiger partial charge is 0.0737 e. The fourth-order valence-electron chi connectivity index (χ4n) is 1.05. The number of nitrogens with one attached hydrogen (secondary N) is 1. The largest absolute Gasteiger partial charge is 0.356 e. The van der Waals surface area contributed by atoms with Crippen LogP contribution in [0.3, 0.4) is 0 Å². The summed E-state index contributed by atoms with van der Waals surface area (Å²) in [4.78, 5) is 3.18. The van der Waals surface area contributed by atoms with Crippen molar-refractivity contribution < 1.29 is 0 Å². The highest BCUT2D eigenvalue weighted by atomic mass is 79.9. The van der Waals surface area contributed by atoms with Gasteiger partial charge in [-0.3, -0.25) is 0 Å². The number of hydrogen-bond acceptors (Lipinski definition) is 2. The second-order valence-electron chi connectivity index (χ2n) is 2.38. The maximum absolute atomic E-state index is 3.79. The summed E-state index contributed by atoms with van der Waals surface area (Å²) in [6.45, 7) is 2.00. The molecule has 2 aromatic heterocycles. The zero-order chi connectivity index (χ0) is 7.84. The lowest BCUT2D eigenvalue weighted by Gasteiger charge is -1.84. The molecule has 0 fully saturated rings. The van der Waals surface area contributed by atoms with E-state index in [4.69, 9.17) is 0 Å². The summed E-state index contributed by atoms with van der Waals surface area (Å²) in [7, 11) is 0. The second kappa shape index (κ2) is 2.30. The molecule has 0 aliphatic heterocycles. The molecule has 0 aliphatic carbocycles. The Bertz CT molecular complexity index is 393. The lowest BCUT2D eigenvalue weighted by molar-refractivity contribution is 1.05. The molecule has 2 rings (SSSR count). The standard InChI is InChI=1S/C7H6BrN3/c1-4-7(8)5-2-9-10-3-6(5)11-4/h2-3,11H,1H3. The Morgan fingerprint density at radius 2 is 2.09 bits per heavy atom. The molecular weight excluding hydrogens is 206 g/mol. The number of nitrogens with zero attached hydrogens (tertiary/aromatic N) is 2. The minimum Gasteiger partial charge on any atom is -0.356 e. The van der Waals surface area contributed by atoms with Crippen molar-refractivity contribution in [3.63, 3.8) is 0 Å². The van der Waals surface area contributed by atoms with Crippen molar-refractivity contribution in [3.8, 4) is 0 Å². The molecule has 4 heteroatoms. The summed E-state index contributed by atoms with van der Waals surface area (Å²) in [5, 5.41) is 8.63. The fourth-order valence-corrected chi connectivity index (χ4v) is 1.47. The summed E-state index contributed by atoms with van der Waals surface area (Å²) in [6.07, 6.45) is 3.45. The first-order valence-electron chi connectivity index (χ1n) is 3.23. The van der Waals surface area contributed by atoms with E-state index in [2.05, 4.69) is 31.1 Å². The Hall–Kier alpha value is -0.900. The molecule has 0 bridgehead atoms. The topological polar surface area (TPSA) is 41.6 Å². The van der Waals surface area contributed by atoms with E-state index < -0.39 is 0 Å². The lowest BCUT2D eigenvalue weighted by atomic mass is 10.3. The van der Waals surface area contributed by atoms with Crippen LogP contribution >= 0.6 is 15.9 Å². The highest BCUT2D eigenvalue weighted by Gasteiger charge is 2.03. The average molecular weight is 212 g/mol. The van der Waals surface area contributed by atoms with Gasteiger partial charge in [0.15, 0.2) is 0 Å². The maximum atomic E-state index is 3.79. The summed E-state index contributed by atoms with van der Waals surface area (Å²) in [6, 6.07) is 0. The molecule has 0 amide bonds. The van der Waals surface area contributed by atoms with Gasteiger partial charge >= 0.3 is 0 Å².